The molecule has 0 aromatic heterocycles. The van der Waals surface area contributed by atoms with E-state index >= 15 is 0 Å². The van der Waals surface area contributed by atoms with Crippen LogP contribution in [0.25, 0.3) is 0 Å². The van der Waals surface area contributed by atoms with Gasteiger partial charge in [-0.3, -0.25) is 0 Å². The van der Waals surface area contributed by atoms with Crippen molar-refractivity contribution in [3.05, 3.63) is 59.8 Å². The van der Waals surface area contributed by atoms with Gasteiger partial charge in [0.25, 0.3) is 0 Å². The predicted molar refractivity (Wildman–Crippen MR) is 66.8 cm³/mol. The maximum absolute atomic E-state index is 2.44. The minimum atomic E-state index is 0.663. The summed E-state index contributed by atoms with van der Waals surface area (Å²) >= 11 is 0. The molecule has 0 saturated heterocycles. The molecule has 0 heteroatoms. The fourth-order valence-corrected chi connectivity index (χ4v) is 3.81. The fraction of sp³-hybridized carbons (Fsp3) is 0.375. The molecule has 0 nitrogen and oxygen atoms in total. The Balaban J connectivity index is 1.93. The van der Waals surface area contributed by atoms with Gasteiger partial charge in [-0.05, 0) is 30.3 Å². The highest BCUT2D eigenvalue weighted by molar-refractivity contribution is 5.49. The molecule has 16 heavy (non-hydrogen) atoms. The Hall–Kier alpha value is -1.30. The molecular weight excluding hydrogens is 192 g/mol. The van der Waals surface area contributed by atoms with Crippen molar-refractivity contribution >= 4 is 0 Å². The predicted octanol–water partition coefficient (Wildman–Crippen LogP) is 3.81. The van der Waals surface area contributed by atoms with E-state index in [4.69, 9.17) is 0 Å². The second kappa shape index (κ2) is 3.10. The van der Waals surface area contributed by atoms with Crippen molar-refractivity contribution in [3.8, 4) is 0 Å². The summed E-state index contributed by atoms with van der Waals surface area (Å²) in [5.41, 5.74) is 3.23. The van der Waals surface area contributed by atoms with E-state index in [2.05, 4.69) is 48.6 Å². The van der Waals surface area contributed by atoms with Crippen LogP contribution >= 0.6 is 0 Å². The molecule has 0 heterocycles. The van der Waals surface area contributed by atoms with Crippen LogP contribution in [0.2, 0.25) is 0 Å². The summed E-state index contributed by atoms with van der Waals surface area (Å²) in [6.07, 6.45) is 21.6. The van der Waals surface area contributed by atoms with E-state index in [1.807, 2.05) is 0 Å². The molecule has 0 saturated carbocycles. The second-order valence-corrected chi connectivity index (χ2v) is 5.33. The van der Waals surface area contributed by atoms with Gasteiger partial charge in [0.2, 0.25) is 0 Å². The molecule has 0 bridgehead atoms. The SMILES string of the molecule is C1=CC2=C3C(C=CC4C=CCC(C=C2)[C@H]34)C1. The monoisotopic (exact) mass is 208 g/mol. The minimum absolute atomic E-state index is 0.663. The van der Waals surface area contributed by atoms with Crippen LogP contribution in [0, 0.1) is 23.7 Å². The summed E-state index contributed by atoms with van der Waals surface area (Å²) in [6, 6.07) is 0. The van der Waals surface area contributed by atoms with Crippen molar-refractivity contribution < 1.29 is 0 Å². The number of rotatable bonds is 0. The lowest BCUT2D eigenvalue weighted by Crippen LogP contribution is -2.33. The van der Waals surface area contributed by atoms with E-state index in [1.54, 1.807) is 5.57 Å². The van der Waals surface area contributed by atoms with Crippen LogP contribution in [0.4, 0.5) is 0 Å². The highest BCUT2D eigenvalue weighted by atomic mass is 14.4. The highest BCUT2D eigenvalue weighted by Gasteiger charge is 2.39. The normalized spacial score (nSPS) is 42.5. The summed E-state index contributed by atoms with van der Waals surface area (Å²) in [5.74, 6) is 2.88. The van der Waals surface area contributed by atoms with Crippen molar-refractivity contribution in [2.75, 3.05) is 0 Å². The third-order valence-electron chi connectivity index (χ3n) is 4.51. The summed E-state index contributed by atoms with van der Waals surface area (Å²) in [5, 5.41) is 0. The first-order chi connectivity index (χ1) is 7.93. The van der Waals surface area contributed by atoms with Crippen LogP contribution in [0.15, 0.2) is 59.8 Å². The van der Waals surface area contributed by atoms with Crippen LogP contribution in [0.1, 0.15) is 12.8 Å². The average Bonchev–Trinajstić information content (AvgIpc) is 2.36. The minimum Gasteiger partial charge on any atom is -0.0873 e. The van der Waals surface area contributed by atoms with Crippen molar-refractivity contribution in [3.63, 3.8) is 0 Å². The molecular formula is C16H16. The third-order valence-corrected chi connectivity index (χ3v) is 4.51. The van der Waals surface area contributed by atoms with Gasteiger partial charge < -0.3 is 0 Å². The molecule has 3 unspecified atom stereocenters. The second-order valence-electron chi connectivity index (χ2n) is 5.33. The molecule has 0 amide bonds. The van der Waals surface area contributed by atoms with Gasteiger partial charge in [-0.2, -0.15) is 0 Å². The van der Waals surface area contributed by atoms with Crippen molar-refractivity contribution in [1.29, 1.82) is 0 Å². The highest BCUT2D eigenvalue weighted by Crippen LogP contribution is 2.49. The molecule has 4 rings (SSSR count). The average molecular weight is 208 g/mol. The molecule has 0 N–H and O–H groups in total. The van der Waals surface area contributed by atoms with Crippen LogP contribution in [0.3, 0.4) is 0 Å². The summed E-state index contributed by atoms with van der Waals surface area (Å²) in [6.45, 7) is 0. The standard InChI is InChI=1S/C16H16/c1-3-11-7-9-13-5-2-6-14-10-8-12(4-1)15(11)16(13)14/h1-3,6-13,15H,4-5H2/t11?,12?,13?,15-/m1/s1. The third kappa shape index (κ3) is 1.05. The van der Waals surface area contributed by atoms with Crippen LogP contribution in [-0.2, 0) is 0 Å². The van der Waals surface area contributed by atoms with Crippen molar-refractivity contribution in [2.45, 2.75) is 12.8 Å². The quantitative estimate of drug-likeness (QED) is 0.531. The van der Waals surface area contributed by atoms with Crippen LogP contribution in [0.5, 0.6) is 0 Å². The van der Waals surface area contributed by atoms with E-state index in [0.717, 1.165) is 11.8 Å². The molecule has 0 spiro atoms. The first kappa shape index (κ1) is 8.81. The first-order valence-electron chi connectivity index (χ1n) is 6.37. The topological polar surface area (TPSA) is 0 Å². The van der Waals surface area contributed by atoms with Crippen molar-refractivity contribution in [2.24, 2.45) is 23.7 Å². The summed E-state index contributed by atoms with van der Waals surface area (Å²) < 4.78 is 0. The van der Waals surface area contributed by atoms with Gasteiger partial charge >= 0.3 is 0 Å². The van der Waals surface area contributed by atoms with E-state index in [0.29, 0.717) is 11.8 Å². The molecule has 0 aromatic carbocycles. The number of hydrogen-bond donors (Lipinski definition) is 0. The number of allylic oxidation sites excluding steroid dienone is 10. The number of hydrogen-bond acceptors (Lipinski definition) is 0. The molecule has 4 aliphatic rings. The van der Waals surface area contributed by atoms with E-state index < -0.39 is 0 Å². The zero-order valence-corrected chi connectivity index (χ0v) is 9.34. The zero-order chi connectivity index (χ0) is 10.5. The van der Waals surface area contributed by atoms with Gasteiger partial charge in [-0.25, -0.2) is 0 Å². The fourth-order valence-electron chi connectivity index (χ4n) is 3.81. The van der Waals surface area contributed by atoms with Gasteiger partial charge in [0.15, 0.2) is 0 Å². The Labute approximate surface area is 96.7 Å². The van der Waals surface area contributed by atoms with Gasteiger partial charge in [-0.15, -0.1) is 0 Å². The Kier molecular flexibility index (Phi) is 1.71. The molecule has 0 aromatic rings. The van der Waals surface area contributed by atoms with Gasteiger partial charge in [-0.1, -0.05) is 54.2 Å². The Bertz CT molecular complexity index is 470. The van der Waals surface area contributed by atoms with Crippen LogP contribution < -0.4 is 0 Å². The molecule has 4 aliphatic carbocycles. The summed E-state index contributed by atoms with van der Waals surface area (Å²) in [7, 11) is 0. The smallest absolute Gasteiger partial charge is 0.00239 e. The van der Waals surface area contributed by atoms with Crippen molar-refractivity contribution in [1.82, 2.24) is 0 Å². The van der Waals surface area contributed by atoms with E-state index in [9.17, 15) is 0 Å². The Morgan fingerprint density at radius 1 is 0.875 bits per heavy atom. The zero-order valence-electron chi connectivity index (χ0n) is 9.34. The maximum Gasteiger partial charge on any atom is 0.00239 e. The lowest BCUT2D eigenvalue weighted by Gasteiger charge is -2.43. The molecule has 0 fully saturated rings. The van der Waals surface area contributed by atoms with E-state index in [1.165, 1.54) is 18.4 Å². The van der Waals surface area contributed by atoms with Gasteiger partial charge in [0.1, 0.15) is 0 Å². The molecule has 80 valence electrons. The molecule has 4 atom stereocenters. The van der Waals surface area contributed by atoms with Gasteiger partial charge in [0.05, 0.1) is 0 Å². The van der Waals surface area contributed by atoms with Crippen LogP contribution in [-0.4, -0.2) is 0 Å². The Morgan fingerprint density at radius 2 is 1.88 bits per heavy atom. The first-order valence-corrected chi connectivity index (χ1v) is 6.37. The molecule has 0 radical (unpaired) electrons. The lowest BCUT2D eigenvalue weighted by atomic mass is 9.61. The summed E-state index contributed by atoms with van der Waals surface area (Å²) in [4.78, 5) is 0. The largest absolute Gasteiger partial charge is 0.0873 e. The Morgan fingerprint density at radius 3 is 2.88 bits per heavy atom. The molecule has 0 aliphatic heterocycles. The van der Waals surface area contributed by atoms with E-state index in [-0.39, 0.29) is 0 Å². The lowest BCUT2D eigenvalue weighted by molar-refractivity contribution is 0.337. The van der Waals surface area contributed by atoms with Gasteiger partial charge in [0, 0.05) is 11.8 Å². The maximum atomic E-state index is 2.44.